The molecular formula is C16H25NO2S. The van der Waals surface area contributed by atoms with Gasteiger partial charge in [0.05, 0.1) is 4.91 Å². The number of hydrogen-bond acceptors (Lipinski definition) is 3. The van der Waals surface area contributed by atoms with Crippen LogP contribution in [0.4, 0.5) is 0 Å². The van der Waals surface area contributed by atoms with E-state index in [0.717, 1.165) is 25.0 Å². The molecule has 0 N–H and O–H groups in total. The summed E-state index contributed by atoms with van der Waals surface area (Å²) in [5, 5.41) is 0. The Hall–Kier alpha value is -0.770. The van der Waals surface area contributed by atoms with Crippen molar-refractivity contribution >= 4 is 23.6 Å². The van der Waals surface area contributed by atoms with E-state index >= 15 is 0 Å². The van der Waals surface area contributed by atoms with E-state index in [9.17, 15) is 9.59 Å². The number of thioether (sulfide) groups is 1. The molecule has 0 aromatic heterocycles. The molecule has 2 amide bonds. The lowest BCUT2D eigenvalue weighted by Gasteiger charge is -2.25. The summed E-state index contributed by atoms with van der Waals surface area (Å²) in [7, 11) is 0. The highest BCUT2D eigenvalue weighted by molar-refractivity contribution is 8.04. The van der Waals surface area contributed by atoms with E-state index in [1.807, 2.05) is 0 Å². The lowest BCUT2D eigenvalue weighted by atomic mass is 9.89. The highest BCUT2D eigenvalue weighted by atomic mass is 32.2. The Labute approximate surface area is 126 Å². The van der Waals surface area contributed by atoms with Crippen molar-refractivity contribution in [2.75, 3.05) is 12.3 Å². The number of rotatable bonds is 7. The van der Waals surface area contributed by atoms with Gasteiger partial charge in [0, 0.05) is 12.6 Å². The van der Waals surface area contributed by atoms with Crippen LogP contribution in [0.15, 0.2) is 11.0 Å². The average Bonchev–Trinajstić information content (AvgIpc) is 2.72. The van der Waals surface area contributed by atoms with Gasteiger partial charge in [0.25, 0.3) is 11.8 Å². The number of carbonyl (C=O) groups excluding carboxylic acids is 2. The smallest absolute Gasteiger partial charge is 0.267 e. The Balaban J connectivity index is 1.81. The van der Waals surface area contributed by atoms with Crippen LogP contribution in [0.5, 0.6) is 0 Å². The largest absolute Gasteiger partial charge is 0.274 e. The van der Waals surface area contributed by atoms with Gasteiger partial charge in [-0.2, -0.15) is 0 Å². The fourth-order valence-corrected chi connectivity index (χ4v) is 3.91. The Kier molecular flexibility index (Phi) is 6.14. The second-order valence-corrected chi connectivity index (χ2v) is 6.96. The van der Waals surface area contributed by atoms with Crippen LogP contribution in [-0.2, 0) is 9.59 Å². The lowest BCUT2D eigenvalue weighted by Crippen LogP contribution is -2.36. The fraction of sp³-hybridized carbons (Fsp3) is 0.750. The topological polar surface area (TPSA) is 37.4 Å². The SMILES string of the molecule is CCCCCSC1=CC(=O)N(CC2CCCCC2)C1=O. The summed E-state index contributed by atoms with van der Waals surface area (Å²) in [6.07, 6.45) is 11.1. The summed E-state index contributed by atoms with van der Waals surface area (Å²) in [4.78, 5) is 26.4. The number of nitrogens with zero attached hydrogens (tertiary/aromatic N) is 1. The zero-order valence-electron chi connectivity index (χ0n) is 12.4. The van der Waals surface area contributed by atoms with Crippen molar-refractivity contribution in [3.63, 3.8) is 0 Å². The summed E-state index contributed by atoms with van der Waals surface area (Å²) in [5.74, 6) is 1.31. The minimum atomic E-state index is -0.0986. The first kappa shape index (κ1) is 15.6. The van der Waals surface area contributed by atoms with Gasteiger partial charge < -0.3 is 0 Å². The number of amides is 2. The third kappa shape index (κ3) is 4.11. The van der Waals surface area contributed by atoms with Gasteiger partial charge in [0.1, 0.15) is 0 Å². The molecule has 112 valence electrons. The van der Waals surface area contributed by atoms with Crippen LogP contribution >= 0.6 is 11.8 Å². The van der Waals surface area contributed by atoms with E-state index in [1.165, 1.54) is 37.0 Å². The predicted octanol–water partition coefficient (Wildman–Crippen LogP) is 3.74. The number of imide groups is 1. The maximum atomic E-state index is 12.3. The zero-order valence-corrected chi connectivity index (χ0v) is 13.2. The Morgan fingerprint density at radius 3 is 2.65 bits per heavy atom. The van der Waals surface area contributed by atoms with Crippen molar-refractivity contribution in [1.82, 2.24) is 4.90 Å². The van der Waals surface area contributed by atoms with Gasteiger partial charge in [-0.15, -0.1) is 11.8 Å². The molecule has 0 radical (unpaired) electrons. The molecule has 0 aromatic rings. The van der Waals surface area contributed by atoms with Gasteiger partial charge in [-0.3, -0.25) is 14.5 Å². The van der Waals surface area contributed by atoms with E-state index in [-0.39, 0.29) is 11.8 Å². The third-order valence-electron chi connectivity index (χ3n) is 4.15. The summed E-state index contributed by atoms with van der Waals surface area (Å²) < 4.78 is 0. The van der Waals surface area contributed by atoms with Crippen molar-refractivity contribution in [1.29, 1.82) is 0 Å². The van der Waals surface area contributed by atoms with E-state index in [0.29, 0.717) is 17.4 Å². The molecule has 1 fully saturated rings. The van der Waals surface area contributed by atoms with Crippen LogP contribution < -0.4 is 0 Å². The van der Waals surface area contributed by atoms with Crippen LogP contribution in [0.2, 0.25) is 0 Å². The predicted molar refractivity (Wildman–Crippen MR) is 83.4 cm³/mol. The molecule has 1 aliphatic heterocycles. The van der Waals surface area contributed by atoms with Gasteiger partial charge in [-0.05, 0) is 30.9 Å². The molecule has 1 heterocycles. The standard InChI is InChI=1S/C16H25NO2S/c1-2-3-7-10-20-14-11-15(18)17(16(14)19)12-13-8-5-4-6-9-13/h11,13H,2-10,12H2,1H3. The molecule has 20 heavy (non-hydrogen) atoms. The molecule has 0 unspecified atom stereocenters. The Morgan fingerprint density at radius 1 is 1.20 bits per heavy atom. The molecule has 1 saturated carbocycles. The van der Waals surface area contributed by atoms with Gasteiger partial charge in [-0.25, -0.2) is 0 Å². The van der Waals surface area contributed by atoms with Gasteiger partial charge in [0.2, 0.25) is 0 Å². The van der Waals surface area contributed by atoms with Crippen LogP contribution in [0, 0.1) is 5.92 Å². The summed E-state index contributed by atoms with van der Waals surface area (Å²) >= 11 is 1.55. The first-order valence-electron chi connectivity index (χ1n) is 7.92. The lowest BCUT2D eigenvalue weighted by molar-refractivity contribution is -0.137. The van der Waals surface area contributed by atoms with Gasteiger partial charge >= 0.3 is 0 Å². The zero-order chi connectivity index (χ0) is 14.4. The molecule has 2 rings (SSSR count). The molecule has 4 heteroatoms. The number of carbonyl (C=O) groups is 2. The molecule has 0 atom stereocenters. The molecule has 0 spiro atoms. The van der Waals surface area contributed by atoms with E-state index in [2.05, 4.69) is 6.92 Å². The van der Waals surface area contributed by atoms with Gasteiger partial charge in [-0.1, -0.05) is 39.0 Å². The average molecular weight is 295 g/mol. The molecule has 0 bridgehead atoms. The highest BCUT2D eigenvalue weighted by Crippen LogP contribution is 2.29. The second kappa shape index (κ2) is 7.87. The van der Waals surface area contributed by atoms with E-state index < -0.39 is 0 Å². The quantitative estimate of drug-likeness (QED) is 0.530. The highest BCUT2D eigenvalue weighted by Gasteiger charge is 2.32. The Bertz CT molecular complexity index is 386. The summed E-state index contributed by atoms with van der Waals surface area (Å²) in [6, 6.07) is 0. The minimum absolute atomic E-state index is 0.0536. The normalized spacial score (nSPS) is 20.6. The summed E-state index contributed by atoms with van der Waals surface area (Å²) in [5.41, 5.74) is 0. The molecular weight excluding hydrogens is 270 g/mol. The molecule has 2 aliphatic rings. The van der Waals surface area contributed by atoms with E-state index in [4.69, 9.17) is 0 Å². The number of unbranched alkanes of at least 4 members (excludes halogenated alkanes) is 2. The van der Waals surface area contributed by atoms with Crippen molar-refractivity contribution < 1.29 is 9.59 Å². The monoisotopic (exact) mass is 295 g/mol. The van der Waals surface area contributed by atoms with Crippen LogP contribution in [0.1, 0.15) is 58.3 Å². The third-order valence-corrected chi connectivity index (χ3v) is 5.24. The second-order valence-electron chi connectivity index (χ2n) is 5.82. The van der Waals surface area contributed by atoms with Crippen LogP contribution in [0.3, 0.4) is 0 Å². The van der Waals surface area contributed by atoms with Crippen molar-refractivity contribution in [2.45, 2.75) is 58.3 Å². The maximum absolute atomic E-state index is 12.3. The van der Waals surface area contributed by atoms with Gasteiger partial charge in [0.15, 0.2) is 0 Å². The Morgan fingerprint density at radius 2 is 1.95 bits per heavy atom. The van der Waals surface area contributed by atoms with E-state index in [1.54, 1.807) is 17.8 Å². The first-order chi connectivity index (χ1) is 9.72. The molecule has 1 aliphatic carbocycles. The van der Waals surface area contributed by atoms with Crippen molar-refractivity contribution in [3.8, 4) is 0 Å². The first-order valence-corrected chi connectivity index (χ1v) is 8.91. The summed E-state index contributed by atoms with van der Waals surface area (Å²) in [6.45, 7) is 2.80. The minimum Gasteiger partial charge on any atom is -0.274 e. The van der Waals surface area contributed by atoms with Crippen molar-refractivity contribution in [3.05, 3.63) is 11.0 Å². The molecule has 3 nitrogen and oxygen atoms in total. The van der Waals surface area contributed by atoms with Crippen LogP contribution in [-0.4, -0.2) is 29.0 Å². The maximum Gasteiger partial charge on any atom is 0.267 e. The number of hydrogen-bond donors (Lipinski definition) is 0. The molecule has 0 aromatic carbocycles. The fourth-order valence-electron chi connectivity index (χ4n) is 2.92. The van der Waals surface area contributed by atoms with Crippen molar-refractivity contribution in [2.24, 2.45) is 5.92 Å². The molecule has 0 saturated heterocycles. The van der Waals surface area contributed by atoms with Crippen LogP contribution in [0.25, 0.3) is 0 Å².